The molecule has 2 heterocycles. The normalized spacial score (nSPS) is 12.0. The number of carbonyl (C=O) groups excluding carboxylic acids is 1. The van der Waals surface area contributed by atoms with Gasteiger partial charge in [0.2, 0.25) is 0 Å². The van der Waals surface area contributed by atoms with Crippen molar-refractivity contribution >= 4 is 23.3 Å². The van der Waals surface area contributed by atoms with Crippen molar-refractivity contribution in [1.82, 2.24) is 24.1 Å². The molecule has 2 aromatic heterocycles. The fourth-order valence-electron chi connectivity index (χ4n) is 2.75. The summed E-state index contributed by atoms with van der Waals surface area (Å²) in [4.78, 5) is 40.3. The average Bonchev–Trinajstić information content (AvgIpc) is 3.08. The number of imidazole rings is 1. The summed E-state index contributed by atoms with van der Waals surface area (Å²) in [7, 11) is 2.73. The van der Waals surface area contributed by atoms with Crippen molar-refractivity contribution < 1.29 is 18.0 Å². The fraction of sp³-hybridized carbons (Fsp3) is 0.235. The molecule has 0 bridgehead atoms. The number of benzene rings is 1. The highest BCUT2D eigenvalue weighted by atomic mass is 19.4. The van der Waals surface area contributed by atoms with E-state index in [2.05, 4.69) is 15.5 Å². The second kappa shape index (κ2) is 7.37. The maximum atomic E-state index is 13.0. The summed E-state index contributed by atoms with van der Waals surface area (Å²) in [5.41, 5.74) is -0.0371. The summed E-state index contributed by atoms with van der Waals surface area (Å²) in [5, 5.41) is 3.55. The Kier molecular flexibility index (Phi) is 5.10. The zero-order valence-corrected chi connectivity index (χ0v) is 15.3. The first-order valence-electron chi connectivity index (χ1n) is 8.20. The smallest absolute Gasteiger partial charge is 0.315 e. The Morgan fingerprint density at radius 3 is 2.59 bits per heavy atom. The lowest BCUT2D eigenvalue weighted by Crippen LogP contribution is -2.38. The Morgan fingerprint density at radius 1 is 1.21 bits per heavy atom. The number of hydrogen-bond donors (Lipinski definition) is 1. The molecule has 0 unspecified atom stereocenters. The van der Waals surface area contributed by atoms with E-state index in [1.54, 1.807) is 0 Å². The van der Waals surface area contributed by atoms with Gasteiger partial charge in [-0.1, -0.05) is 18.2 Å². The number of amides is 1. The van der Waals surface area contributed by atoms with Crippen LogP contribution in [0.4, 0.5) is 13.2 Å². The second-order valence-electron chi connectivity index (χ2n) is 6.13. The molecule has 3 rings (SSSR count). The van der Waals surface area contributed by atoms with Gasteiger partial charge in [-0.05, 0) is 6.07 Å². The number of alkyl halides is 3. The van der Waals surface area contributed by atoms with Crippen molar-refractivity contribution in [3.05, 3.63) is 62.6 Å². The van der Waals surface area contributed by atoms with Crippen LogP contribution in [0.2, 0.25) is 0 Å². The minimum absolute atomic E-state index is 0.0381. The van der Waals surface area contributed by atoms with Gasteiger partial charge in [-0.3, -0.25) is 18.7 Å². The topological polar surface area (TPSA) is 103 Å². The molecule has 0 spiro atoms. The summed E-state index contributed by atoms with van der Waals surface area (Å²) in [6.07, 6.45) is -2.46. The molecule has 0 atom stereocenters. The SMILES string of the molecule is Cn1c(=O)c2c(ncn2CC(=O)N/N=C/c2ccccc2C(F)(F)F)n(C)c1=O. The Balaban J connectivity index is 1.81. The third kappa shape index (κ3) is 3.81. The Bertz CT molecular complexity index is 1240. The molecule has 1 aromatic carbocycles. The van der Waals surface area contributed by atoms with Gasteiger partial charge in [-0.25, -0.2) is 15.2 Å². The monoisotopic (exact) mass is 408 g/mol. The molecule has 152 valence electrons. The predicted octanol–water partition coefficient (Wildman–Crippen LogP) is 0.603. The van der Waals surface area contributed by atoms with Crippen LogP contribution in [-0.2, 0) is 31.6 Å². The minimum Gasteiger partial charge on any atom is -0.315 e. The molecule has 0 aliphatic rings. The van der Waals surface area contributed by atoms with Crippen molar-refractivity contribution in [3.8, 4) is 0 Å². The Morgan fingerprint density at radius 2 is 1.90 bits per heavy atom. The zero-order chi connectivity index (χ0) is 21.3. The van der Waals surface area contributed by atoms with E-state index in [0.29, 0.717) is 0 Å². The maximum absolute atomic E-state index is 13.0. The molecule has 0 fully saturated rings. The molecule has 0 aliphatic heterocycles. The largest absolute Gasteiger partial charge is 0.417 e. The van der Waals surface area contributed by atoms with Gasteiger partial charge < -0.3 is 4.57 Å². The van der Waals surface area contributed by atoms with Gasteiger partial charge in [0, 0.05) is 19.7 Å². The van der Waals surface area contributed by atoms with E-state index in [4.69, 9.17) is 0 Å². The molecule has 0 saturated heterocycles. The molecule has 3 aromatic rings. The highest BCUT2D eigenvalue weighted by molar-refractivity contribution is 5.84. The van der Waals surface area contributed by atoms with Crippen molar-refractivity contribution in [2.45, 2.75) is 12.7 Å². The fourth-order valence-corrected chi connectivity index (χ4v) is 2.75. The number of hydrazone groups is 1. The molecular weight excluding hydrogens is 393 g/mol. The maximum Gasteiger partial charge on any atom is 0.417 e. The first-order chi connectivity index (χ1) is 13.6. The molecule has 12 heteroatoms. The van der Waals surface area contributed by atoms with Crippen LogP contribution in [0.15, 0.2) is 45.3 Å². The third-order valence-electron chi connectivity index (χ3n) is 4.19. The number of fused-ring (bicyclic) bond motifs is 1. The van der Waals surface area contributed by atoms with E-state index < -0.39 is 28.9 Å². The molecule has 0 saturated carbocycles. The number of aromatic nitrogens is 4. The lowest BCUT2D eigenvalue weighted by atomic mass is 10.1. The van der Waals surface area contributed by atoms with Gasteiger partial charge in [-0.15, -0.1) is 0 Å². The number of rotatable bonds is 4. The van der Waals surface area contributed by atoms with Gasteiger partial charge in [0.1, 0.15) is 6.54 Å². The molecule has 1 N–H and O–H groups in total. The van der Waals surface area contributed by atoms with Crippen LogP contribution >= 0.6 is 0 Å². The van der Waals surface area contributed by atoms with Crippen LogP contribution in [0, 0.1) is 0 Å². The first kappa shape index (κ1) is 20.0. The van der Waals surface area contributed by atoms with Crippen LogP contribution in [0.1, 0.15) is 11.1 Å². The number of hydrogen-bond acceptors (Lipinski definition) is 5. The van der Waals surface area contributed by atoms with Crippen LogP contribution < -0.4 is 16.7 Å². The zero-order valence-electron chi connectivity index (χ0n) is 15.3. The Labute approximate surface area is 160 Å². The second-order valence-corrected chi connectivity index (χ2v) is 6.13. The van der Waals surface area contributed by atoms with Crippen molar-refractivity contribution in [1.29, 1.82) is 0 Å². The molecule has 0 aliphatic carbocycles. The molecular formula is C17H15F3N6O3. The van der Waals surface area contributed by atoms with E-state index in [0.717, 1.165) is 21.4 Å². The third-order valence-corrected chi connectivity index (χ3v) is 4.19. The number of aryl methyl sites for hydroxylation is 1. The summed E-state index contributed by atoms with van der Waals surface area (Å²) in [6, 6.07) is 4.78. The van der Waals surface area contributed by atoms with Gasteiger partial charge in [-0.2, -0.15) is 18.3 Å². The van der Waals surface area contributed by atoms with Gasteiger partial charge >= 0.3 is 11.9 Å². The highest BCUT2D eigenvalue weighted by Gasteiger charge is 2.32. The van der Waals surface area contributed by atoms with Crippen molar-refractivity contribution in [2.75, 3.05) is 0 Å². The summed E-state index contributed by atoms with van der Waals surface area (Å²) < 4.78 is 42.1. The van der Waals surface area contributed by atoms with Crippen LogP contribution in [0.25, 0.3) is 11.2 Å². The summed E-state index contributed by atoms with van der Waals surface area (Å²) in [6.45, 7) is -0.373. The van der Waals surface area contributed by atoms with E-state index >= 15 is 0 Å². The van der Waals surface area contributed by atoms with Gasteiger partial charge in [0.15, 0.2) is 11.2 Å². The molecule has 29 heavy (non-hydrogen) atoms. The minimum atomic E-state index is -4.56. The summed E-state index contributed by atoms with van der Waals surface area (Å²) >= 11 is 0. The Hall–Kier alpha value is -3.70. The van der Waals surface area contributed by atoms with Gasteiger partial charge in [0.05, 0.1) is 18.1 Å². The first-order valence-corrected chi connectivity index (χ1v) is 8.20. The van der Waals surface area contributed by atoms with E-state index in [-0.39, 0.29) is 23.3 Å². The lowest BCUT2D eigenvalue weighted by Gasteiger charge is -2.09. The predicted molar refractivity (Wildman–Crippen MR) is 97.4 cm³/mol. The number of nitrogens with one attached hydrogen (secondary N) is 1. The van der Waals surface area contributed by atoms with Crippen LogP contribution in [0.5, 0.6) is 0 Å². The standard InChI is InChI=1S/C17H15F3N6O3/c1-24-14-13(15(28)25(2)16(24)29)26(9-21-14)8-12(27)23-22-7-10-5-3-4-6-11(10)17(18,19)20/h3-7,9H,8H2,1-2H3,(H,23,27)/b22-7+. The number of halogens is 3. The van der Waals surface area contributed by atoms with Crippen molar-refractivity contribution in [2.24, 2.45) is 19.2 Å². The number of carbonyl (C=O) groups is 1. The number of nitrogens with zero attached hydrogens (tertiary/aromatic N) is 5. The van der Waals surface area contributed by atoms with E-state index in [9.17, 15) is 27.6 Å². The molecule has 9 nitrogen and oxygen atoms in total. The highest BCUT2D eigenvalue weighted by Crippen LogP contribution is 2.30. The van der Waals surface area contributed by atoms with Crippen LogP contribution in [0.3, 0.4) is 0 Å². The van der Waals surface area contributed by atoms with E-state index in [1.165, 1.54) is 43.2 Å². The summed E-state index contributed by atoms with van der Waals surface area (Å²) in [5.74, 6) is -0.694. The average molecular weight is 408 g/mol. The lowest BCUT2D eigenvalue weighted by molar-refractivity contribution is -0.137. The quantitative estimate of drug-likeness (QED) is 0.504. The van der Waals surface area contributed by atoms with Crippen molar-refractivity contribution in [3.63, 3.8) is 0 Å². The van der Waals surface area contributed by atoms with Gasteiger partial charge in [0.25, 0.3) is 11.5 Å². The molecule has 1 amide bonds. The van der Waals surface area contributed by atoms with E-state index in [1.807, 2.05) is 0 Å². The van der Waals surface area contributed by atoms with Crippen LogP contribution in [-0.4, -0.2) is 30.8 Å². The molecule has 0 radical (unpaired) electrons.